The second kappa shape index (κ2) is 21.3. The Hall–Kier alpha value is -1.43. The molecule has 0 bridgehead atoms. The number of hydrogen-bond donors (Lipinski definition) is 1. The van der Waals surface area contributed by atoms with E-state index in [1.165, 1.54) is 0 Å². The number of aromatic nitrogens is 2. The first-order valence-corrected chi connectivity index (χ1v) is 11.2. The van der Waals surface area contributed by atoms with Crippen molar-refractivity contribution in [2.24, 2.45) is 4.99 Å². The summed E-state index contributed by atoms with van der Waals surface area (Å²) >= 11 is 0. The zero-order chi connectivity index (χ0) is 22.6. The van der Waals surface area contributed by atoms with Crippen LogP contribution in [-0.2, 0) is 43.8 Å². The van der Waals surface area contributed by atoms with Gasteiger partial charge in [-0.1, -0.05) is 37.7 Å². The Morgan fingerprint density at radius 1 is 0.850 bits per heavy atom. The minimum Gasteiger partial charge on any atom is -1.00 e. The van der Waals surface area contributed by atoms with Gasteiger partial charge in [0, 0.05) is 60.8 Å². The van der Waals surface area contributed by atoms with Crippen molar-refractivity contribution in [1.82, 2.24) is 19.8 Å². The Morgan fingerprint density at radius 3 is 1.68 bits per heavy atom. The maximum absolute atomic E-state index is 8.01. The van der Waals surface area contributed by atoms with Crippen molar-refractivity contribution in [2.45, 2.75) is 24.7 Å². The van der Waals surface area contributed by atoms with E-state index in [0.717, 1.165) is 50.7 Å². The monoisotopic (exact) mass is 690 g/mol. The number of amidine groups is 2. The average molecular weight is 693 g/mol. The van der Waals surface area contributed by atoms with E-state index in [4.69, 9.17) is 11.1 Å². The molecule has 2 aromatic heterocycles. The van der Waals surface area contributed by atoms with Crippen LogP contribution in [-0.4, -0.2) is 106 Å². The summed E-state index contributed by atoms with van der Waals surface area (Å²) in [5.41, 5.74) is 10.5. The Bertz CT molecular complexity index is 972. The third kappa shape index (κ3) is 11.8. The second-order valence-electron chi connectivity index (χ2n) is 9.43. The summed E-state index contributed by atoms with van der Waals surface area (Å²) in [6.45, 7) is 10.9. The van der Waals surface area contributed by atoms with Crippen molar-refractivity contribution < 1.29 is 79.7 Å². The van der Waals surface area contributed by atoms with Crippen molar-refractivity contribution >= 4 is 11.7 Å². The van der Waals surface area contributed by atoms with Gasteiger partial charge in [-0.25, -0.2) is 0 Å². The van der Waals surface area contributed by atoms with Gasteiger partial charge in [0.2, 0.25) is 0 Å². The summed E-state index contributed by atoms with van der Waals surface area (Å²) < 4.78 is 0. The molecule has 40 heavy (non-hydrogen) atoms. The molecule has 2 aliphatic rings. The molecule has 4 rings (SSSR count). The van der Waals surface area contributed by atoms with Gasteiger partial charge in [0.15, 0.2) is 0 Å². The van der Waals surface area contributed by atoms with Gasteiger partial charge in [0.25, 0.3) is 0 Å². The maximum Gasteiger partial charge on any atom is 3.00 e. The molecule has 2 radical (unpaired) electrons. The second-order valence-corrected chi connectivity index (χ2v) is 9.43. The largest absolute Gasteiger partial charge is 3.00 e. The molecule has 2 aromatic rings. The summed E-state index contributed by atoms with van der Waals surface area (Å²) in [6.07, 6.45) is 3.69. The number of halogens is 2. The predicted octanol–water partition coefficient (Wildman–Crippen LogP) is -6.17. The maximum atomic E-state index is 8.01. The fourth-order valence-electron chi connectivity index (χ4n) is 4.72. The van der Waals surface area contributed by atoms with Gasteiger partial charge in [0.05, 0.1) is 0 Å². The fourth-order valence-corrected chi connectivity index (χ4v) is 4.72. The number of likely N-dealkylation sites (tertiary alicyclic amines) is 2. The minimum atomic E-state index is -0.0278. The molecule has 2 saturated heterocycles. The molecule has 16 heteroatoms. The van der Waals surface area contributed by atoms with Crippen molar-refractivity contribution in [3.63, 3.8) is 0 Å². The smallest absolute Gasteiger partial charge is 1.00 e. The summed E-state index contributed by atoms with van der Waals surface area (Å²) in [5.74, 6) is -0.0557. The van der Waals surface area contributed by atoms with E-state index in [-0.39, 0.29) is 102 Å². The summed E-state index contributed by atoms with van der Waals surface area (Å²) in [5, 5.41) is 12.3. The topological polar surface area (TPSA) is 232 Å². The van der Waals surface area contributed by atoms with Crippen LogP contribution in [0.2, 0.25) is 0 Å². The Labute approximate surface area is 268 Å². The van der Waals surface area contributed by atoms with Gasteiger partial charge < -0.3 is 78.0 Å². The first kappa shape index (κ1) is 48.3. The van der Waals surface area contributed by atoms with E-state index in [1.807, 2.05) is 36.7 Å². The summed E-state index contributed by atoms with van der Waals surface area (Å²) in [7, 11) is 0. The Balaban J connectivity index is -0.000000510. The van der Waals surface area contributed by atoms with Crippen LogP contribution in [0.15, 0.2) is 53.8 Å². The van der Waals surface area contributed by atoms with E-state index in [9.17, 15) is 0 Å². The molecule has 10 N–H and O–H groups in total. The molecule has 0 atom stereocenters. The van der Waals surface area contributed by atoms with Crippen LogP contribution in [0.1, 0.15) is 25.2 Å². The molecule has 0 unspecified atom stereocenters. The molecule has 4 heterocycles. The molecular weight excluding hydrogens is 653 g/mol. The van der Waals surface area contributed by atoms with Crippen LogP contribution >= 0.6 is 0 Å². The number of nitrogens with one attached hydrogen (secondary N) is 2. The zero-order valence-electron chi connectivity index (χ0n) is 22.3. The number of hydrogen-bond acceptors (Lipinski definition) is 6. The van der Waals surface area contributed by atoms with Crippen molar-refractivity contribution in [3.05, 3.63) is 71.2 Å². The minimum absolute atomic E-state index is 0. The zero-order valence-corrected chi connectivity index (χ0v) is 25.8. The number of pyridine rings is 2. The Kier molecular flexibility index (Phi) is 25.7. The van der Waals surface area contributed by atoms with Gasteiger partial charge in [0.1, 0.15) is 0 Å². The first-order chi connectivity index (χ1) is 15.4. The normalized spacial score (nSPS) is 16.2. The van der Waals surface area contributed by atoms with Crippen LogP contribution in [0.4, 0.5) is 0 Å². The summed E-state index contributed by atoms with van der Waals surface area (Å²) in [4.78, 5) is 17.8. The van der Waals surface area contributed by atoms with Gasteiger partial charge in [-0.15, -0.1) is 0 Å². The van der Waals surface area contributed by atoms with E-state index in [0.29, 0.717) is 13.1 Å². The fraction of sp³-hybridized carbons (Fsp3) is 0.500. The Morgan fingerprint density at radius 2 is 1.27 bits per heavy atom. The van der Waals surface area contributed by atoms with Crippen molar-refractivity contribution in [3.8, 4) is 0 Å². The van der Waals surface area contributed by atoms with Gasteiger partial charge in [-0.2, -0.15) is 0 Å². The number of rotatable bonds is 8. The van der Waals surface area contributed by atoms with Crippen LogP contribution in [0.3, 0.4) is 0 Å². The van der Waals surface area contributed by atoms with Gasteiger partial charge in [-0.05, 0) is 50.4 Å². The van der Waals surface area contributed by atoms with Crippen molar-refractivity contribution in [1.29, 1.82) is 5.41 Å². The van der Waals surface area contributed by atoms with E-state index in [1.54, 1.807) is 0 Å². The molecule has 0 spiro atoms. The molecule has 0 amide bonds. The quantitative estimate of drug-likeness (QED) is 0.162. The average Bonchev–Trinajstić information content (AvgIpc) is 2.77. The van der Waals surface area contributed by atoms with Crippen LogP contribution in [0, 0.1) is 5.41 Å². The van der Waals surface area contributed by atoms with Gasteiger partial charge in [-0.3, -0.25) is 9.97 Å². The van der Waals surface area contributed by atoms with Crippen LogP contribution in [0.5, 0.6) is 0 Å². The molecule has 12 nitrogen and oxygen atoms in total. The van der Waals surface area contributed by atoms with Gasteiger partial charge >= 0.3 is 33.0 Å². The number of aliphatic imine (C=N–C) groups is 1. The van der Waals surface area contributed by atoms with Crippen molar-refractivity contribution in [2.75, 3.05) is 52.4 Å². The molecule has 232 valence electrons. The van der Waals surface area contributed by atoms with E-state index < -0.39 is 0 Å². The van der Waals surface area contributed by atoms with Crippen LogP contribution in [0.25, 0.3) is 11.1 Å². The molecular formula is C24H40Cl2N8Ni2O4+2. The molecule has 2 aliphatic heterocycles. The molecule has 0 saturated carbocycles. The molecule has 2 fully saturated rings. The van der Waals surface area contributed by atoms with Crippen LogP contribution < -0.4 is 24.8 Å². The first-order valence-electron chi connectivity index (χ1n) is 11.2. The number of nitrogens with zero attached hydrogens (tertiary/aromatic N) is 6. The SMILES string of the molecule is CC1(c2ccccn2)CN(CCN=C([NH-])C(=N)[N-]CCN2CC(C)(c3ccccn3)C2)C1.O.O.O.O.[Cl-].[Cl-].[Ni+3].[Ni+3]. The van der Waals surface area contributed by atoms with E-state index in [2.05, 4.69) is 56.1 Å². The summed E-state index contributed by atoms with van der Waals surface area (Å²) in [6, 6.07) is 12.1. The third-order valence-electron chi connectivity index (χ3n) is 6.45. The standard InChI is InChI=1S/C24H32N8.2ClH.2Ni.4H2O/c1-23(19-7-3-5-9-27-19)15-31(16-23)13-11-29-21(25)22(26)30-12-14-32-17-24(2,18-32)20-8-4-6-10-28-20;;;;;;;;/h3-10H,11-18H2,1-2H3,(H2-2,25,26,29,30);2*1H;;;4*1H2/q-2;;;2*+3;;;;/p-2. The van der Waals surface area contributed by atoms with E-state index >= 15 is 0 Å². The molecule has 0 aliphatic carbocycles. The third-order valence-corrected chi connectivity index (χ3v) is 6.45. The molecule has 0 aromatic carbocycles. The predicted molar refractivity (Wildman–Crippen MR) is 143 cm³/mol.